The SMILES string of the molecule is CCn1cc(CN2CCCN(C(=O)c3cc4nc[nH]c4cc3F)CC2)cn1. The fraction of sp³-hybridized carbons (Fsp3) is 0.421. The van der Waals surface area contributed by atoms with Crippen molar-refractivity contribution in [3.8, 4) is 0 Å². The first-order valence-electron chi connectivity index (χ1n) is 9.29. The molecule has 7 nitrogen and oxygen atoms in total. The summed E-state index contributed by atoms with van der Waals surface area (Å²) < 4.78 is 16.3. The van der Waals surface area contributed by atoms with Gasteiger partial charge in [0, 0.05) is 57.1 Å². The number of carbonyl (C=O) groups excluding carboxylic acids is 1. The number of aromatic amines is 1. The zero-order valence-electron chi connectivity index (χ0n) is 15.4. The van der Waals surface area contributed by atoms with Gasteiger partial charge in [0.1, 0.15) is 5.82 Å². The topological polar surface area (TPSA) is 70.1 Å². The number of nitrogens with one attached hydrogen (secondary N) is 1. The number of imidazole rings is 1. The minimum absolute atomic E-state index is 0.0901. The molecular formula is C19H23FN6O. The Bertz CT molecular complexity index is 949. The zero-order chi connectivity index (χ0) is 18.8. The lowest BCUT2D eigenvalue weighted by atomic mass is 10.1. The molecule has 0 saturated carbocycles. The van der Waals surface area contributed by atoms with E-state index in [1.165, 1.54) is 24.0 Å². The molecule has 1 aromatic carbocycles. The predicted molar refractivity (Wildman–Crippen MR) is 99.8 cm³/mol. The number of aromatic nitrogens is 4. The second kappa shape index (κ2) is 7.48. The number of benzene rings is 1. The van der Waals surface area contributed by atoms with Crippen LogP contribution in [0.4, 0.5) is 4.39 Å². The summed E-state index contributed by atoms with van der Waals surface area (Å²) in [5, 5.41) is 4.31. The highest BCUT2D eigenvalue weighted by Gasteiger charge is 2.23. The van der Waals surface area contributed by atoms with Gasteiger partial charge in [-0.3, -0.25) is 14.4 Å². The van der Waals surface area contributed by atoms with Gasteiger partial charge in [0.05, 0.1) is 29.1 Å². The lowest BCUT2D eigenvalue weighted by molar-refractivity contribution is 0.0756. The van der Waals surface area contributed by atoms with Gasteiger partial charge in [-0.25, -0.2) is 9.37 Å². The van der Waals surface area contributed by atoms with Crippen LogP contribution >= 0.6 is 0 Å². The number of hydrogen-bond acceptors (Lipinski definition) is 4. The summed E-state index contributed by atoms with van der Waals surface area (Å²) in [5.74, 6) is -0.775. The number of nitrogens with zero attached hydrogens (tertiary/aromatic N) is 5. The molecule has 0 unspecified atom stereocenters. The van der Waals surface area contributed by atoms with Crippen LogP contribution in [0.5, 0.6) is 0 Å². The van der Waals surface area contributed by atoms with Crippen molar-refractivity contribution < 1.29 is 9.18 Å². The van der Waals surface area contributed by atoms with Gasteiger partial charge in [0.25, 0.3) is 5.91 Å². The van der Waals surface area contributed by atoms with Crippen molar-refractivity contribution in [3.63, 3.8) is 0 Å². The van der Waals surface area contributed by atoms with Crippen LogP contribution in [0.15, 0.2) is 30.9 Å². The van der Waals surface area contributed by atoms with Crippen molar-refractivity contribution in [1.82, 2.24) is 29.5 Å². The highest BCUT2D eigenvalue weighted by molar-refractivity contribution is 5.97. The molecule has 1 aliphatic rings. The molecule has 1 N–H and O–H groups in total. The van der Waals surface area contributed by atoms with Gasteiger partial charge in [-0.15, -0.1) is 0 Å². The van der Waals surface area contributed by atoms with E-state index >= 15 is 0 Å². The summed E-state index contributed by atoms with van der Waals surface area (Å²) in [6, 6.07) is 2.87. The van der Waals surface area contributed by atoms with E-state index in [1.807, 2.05) is 10.9 Å². The first-order chi connectivity index (χ1) is 13.1. The van der Waals surface area contributed by atoms with Crippen LogP contribution in [0.3, 0.4) is 0 Å². The van der Waals surface area contributed by atoms with Gasteiger partial charge in [-0.1, -0.05) is 0 Å². The second-order valence-electron chi connectivity index (χ2n) is 6.88. The van der Waals surface area contributed by atoms with Crippen molar-refractivity contribution >= 4 is 16.9 Å². The fourth-order valence-electron chi connectivity index (χ4n) is 3.54. The molecule has 0 atom stereocenters. The van der Waals surface area contributed by atoms with E-state index < -0.39 is 5.82 Å². The van der Waals surface area contributed by atoms with Crippen LogP contribution in [0.25, 0.3) is 11.0 Å². The van der Waals surface area contributed by atoms with Crippen LogP contribution in [0.2, 0.25) is 0 Å². The van der Waals surface area contributed by atoms with Gasteiger partial charge < -0.3 is 9.88 Å². The molecule has 0 radical (unpaired) electrons. The van der Waals surface area contributed by atoms with Crippen molar-refractivity contribution in [1.29, 1.82) is 0 Å². The Morgan fingerprint density at radius 1 is 1.26 bits per heavy atom. The second-order valence-corrected chi connectivity index (χ2v) is 6.88. The molecule has 27 heavy (non-hydrogen) atoms. The van der Waals surface area contributed by atoms with E-state index in [2.05, 4.69) is 33.1 Å². The average molecular weight is 370 g/mol. The molecule has 142 valence electrons. The van der Waals surface area contributed by atoms with E-state index in [0.29, 0.717) is 24.1 Å². The third-order valence-electron chi connectivity index (χ3n) is 5.03. The van der Waals surface area contributed by atoms with E-state index in [0.717, 1.165) is 32.6 Å². The Balaban J connectivity index is 1.43. The third kappa shape index (κ3) is 3.71. The van der Waals surface area contributed by atoms with Gasteiger partial charge in [-0.2, -0.15) is 5.10 Å². The van der Waals surface area contributed by atoms with Gasteiger partial charge in [0.2, 0.25) is 0 Å². The fourth-order valence-corrected chi connectivity index (χ4v) is 3.54. The number of carbonyl (C=O) groups is 1. The highest BCUT2D eigenvalue weighted by atomic mass is 19.1. The Morgan fingerprint density at radius 3 is 2.96 bits per heavy atom. The Morgan fingerprint density at radius 2 is 2.15 bits per heavy atom. The minimum atomic E-state index is -0.509. The molecule has 3 heterocycles. The van der Waals surface area contributed by atoms with Crippen molar-refractivity contribution in [2.24, 2.45) is 0 Å². The molecule has 1 amide bonds. The molecule has 0 bridgehead atoms. The quantitative estimate of drug-likeness (QED) is 0.765. The van der Waals surface area contributed by atoms with Gasteiger partial charge >= 0.3 is 0 Å². The number of hydrogen-bond donors (Lipinski definition) is 1. The van der Waals surface area contributed by atoms with E-state index in [4.69, 9.17) is 0 Å². The number of aryl methyl sites for hydroxylation is 1. The smallest absolute Gasteiger partial charge is 0.256 e. The molecule has 2 aromatic heterocycles. The number of fused-ring (bicyclic) bond motifs is 1. The minimum Gasteiger partial charge on any atom is -0.345 e. The Kier molecular flexibility index (Phi) is 4.89. The van der Waals surface area contributed by atoms with Crippen LogP contribution in [0.1, 0.15) is 29.3 Å². The van der Waals surface area contributed by atoms with Gasteiger partial charge in [-0.05, 0) is 19.4 Å². The van der Waals surface area contributed by atoms with Gasteiger partial charge in [0.15, 0.2) is 0 Å². The summed E-state index contributed by atoms with van der Waals surface area (Å²) >= 11 is 0. The molecule has 1 aliphatic heterocycles. The number of rotatable bonds is 4. The van der Waals surface area contributed by atoms with Crippen molar-refractivity contribution in [2.45, 2.75) is 26.4 Å². The van der Waals surface area contributed by atoms with Crippen LogP contribution in [-0.4, -0.2) is 61.6 Å². The van der Waals surface area contributed by atoms with Crippen LogP contribution in [-0.2, 0) is 13.1 Å². The van der Waals surface area contributed by atoms with E-state index in [-0.39, 0.29) is 11.5 Å². The highest BCUT2D eigenvalue weighted by Crippen LogP contribution is 2.19. The van der Waals surface area contributed by atoms with E-state index in [1.54, 1.807) is 4.90 Å². The largest absolute Gasteiger partial charge is 0.345 e. The Labute approximate surface area is 156 Å². The monoisotopic (exact) mass is 370 g/mol. The molecule has 0 aliphatic carbocycles. The van der Waals surface area contributed by atoms with Crippen LogP contribution < -0.4 is 0 Å². The normalized spacial score (nSPS) is 16.0. The zero-order valence-corrected chi connectivity index (χ0v) is 15.4. The third-order valence-corrected chi connectivity index (χ3v) is 5.03. The lowest BCUT2D eigenvalue weighted by Crippen LogP contribution is -2.35. The van der Waals surface area contributed by atoms with Crippen molar-refractivity contribution in [3.05, 3.63) is 47.8 Å². The molecule has 8 heteroatoms. The molecule has 1 saturated heterocycles. The maximum absolute atomic E-state index is 14.4. The number of amides is 1. The van der Waals surface area contributed by atoms with Crippen molar-refractivity contribution in [2.75, 3.05) is 26.2 Å². The molecule has 1 fully saturated rings. The van der Waals surface area contributed by atoms with E-state index in [9.17, 15) is 9.18 Å². The lowest BCUT2D eigenvalue weighted by Gasteiger charge is -2.22. The maximum Gasteiger partial charge on any atom is 0.256 e. The molecular weight excluding hydrogens is 347 g/mol. The maximum atomic E-state index is 14.4. The van der Waals surface area contributed by atoms with Crippen LogP contribution in [0, 0.1) is 5.82 Å². The Hall–Kier alpha value is -2.74. The summed E-state index contributed by atoms with van der Waals surface area (Å²) in [6.45, 7) is 6.60. The summed E-state index contributed by atoms with van der Waals surface area (Å²) in [4.78, 5) is 23.9. The molecule has 3 aromatic rings. The number of halogens is 1. The summed E-state index contributed by atoms with van der Waals surface area (Å²) in [7, 11) is 0. The molecule has 4 rings (SSSR count). The average Bonchev–Trinajstić information content (AvgIpc) is 3.24. The molecule has 0 spiro atoms. The predicted octanol–water partition coefficient (Wildman–Crippen LogP) is 2.27. The summed E-state index contributed by atoms with van der Waals surface area (Å²) in [5.41, 5.74) is 2.46. The standard InChI is InChI=1S/C19H23FN6O/c1-2-26-12-14(10-23-26)11-24-4-3-5-25(7-6-24)19(27)15-8-17-18(9-16(15)20)22-13-21-17/h8-10,12-13H,2-7,11H2,1H3,(H,21,22). The first kappa shape index (κ1) is 17.7. The summed E-state index contributed by atoms with van der Waals surface area (Å²) in [6.07, 6.45) is 6.32. The number of H-pyrrole nitrogens is 1. The first-order valence-corrected chi connectivity index (χ1v) is 9.29.